The maximum Gasteiger partial charge on any atom is 0.0743 e. The fourth-order valence-electron chi connectivity index (χ4n) is 1.54. The number of nitrogen functional groups attached to an aromatic ring is 1. The van der Waals surface area contributed by atoms with Crippen molar-refractivity contribution in [2.24, 2.45) is 0 Å². The van der Waals surface area contributed by atoms with Crippen LogP contribution >= 0.6 is 0 Å². The van der Waals surface area contributed by atoms with Crippen LogP contribution in [0, 0.1) is 0 Å². The van der Waals surface area contributed by atoms with Crippen molar-refractivity contribution >= 4 is 5.69 Å². The van der Waals surface area contributed by atoms with Crippen LogP contribution in [-0.2, 0) is 6.54 Å². The first-order chi connectivity index (χ1) is 6.36. The molecule has 0 amide bonds. The van der Waals surface area contributed by atoms with Crippen LogP contribution in [0.15, 0.2) is 6.20 Å². The van der Waals surface area contributed by atoms with Gasteiger partial charge in [-0.3, -0.25) is 10.00 Å². The van der Waals surface area contributed by atoms with Gasteiger partial charge in [-0.2, -0.15) is 5.10 Å². The molecule has 0 spiro atoms. The Morgan fingerprint density at radius 2 is 2.23 bits per heavy atom. The number of hydrogen-bond acceptors (Lipinski definition) is 4. The minimum absolute atomic E-state index is 0.763. The Bertz CT molecular complexity index is 263. The lowest BCUT2D eigenvalue weighted by atomic mass is 10.3. The summed E-state index contributed by atoms with van der Waals surface area (Å²) in [6, 6.07) is 0. The van der Waals surface area contributed by atoms with Crippen LogP contribution in [0.3, 0.4) is 0 Å². The normalized spacial score (nSPS) is 19.1. The third-order valence-corrected chi connectivity index (χ3v) is 2.34. The molecule has 1 fully saturated rings. The van der Waals surface area contributed by atoms with Gasteiger partial charge in [0.2, 0.25) is 0 Å². The van der Waals surface area contributed by atoms with E-state index in [1.165, 1.54) is 0 Å². The standard InChI is InChI=1S/C8H15N5/c9-7-5-11-12-8(7)6-13-3-1-10-2-4-13/h5,10H,1-4,6,9H2,(H,11,12). The molecule has 1 aliphatic heterocycles. The molecule has 0 saturated carbocycles. The van der Waals surface area contributed by atoms with Gasteiger partial charge in [0.25, 0.3) is 0 Å². The van der Waals surface area contributed by atoms with E-state index in [2.05, 4.69) is 20.4 Å². The summed E-state index contributed by atoms with van der Waals surface area (Å²) in [6.45, 7) is 5.17. The van der Waals surface area contributed by atoms with Gasteiger partial charge in [0.1, 0.15) is 0 Å². The molecule has 0 aliphatic carbocycles. The van der Waals surface area contributed by atoms with Crippen molar-refractivity contribution in [1.29, 1.82) is 0 Å². The Balaban J connectivity index is 1.93. The summed E-state index contributed by atoms with van der Waals surface area (Å²) in [5.74, 6) is 0. The summed E-state index contributed by atoms with van der Waals surface area (Å²) in [7, 11) is 0. The highest BCUT2D eigenvalue weighted by Crippen LogP contribution is 2.09. The summed E-state index contributed by atoms with van der Waals surface area (Å²) in [5, 5.41) is 10.1. The van der Waals surface area contributed by atoms with Gasteiger partial charge in [0, 0.05) is 32.7 Å². The lowest BCUT2D eigenvalue weighted by Crippen LogP contribution is -2.43. The second-order valence-electron chi connectivity index (χ2n) is 3.33. The van der Waals surface area contributed by atoms with E-state index in [9.17, 15) is 0 Å². The van der Waals surface area contributed by atoms with Crippen molar-refractivity contribution in [2.75, 3.05) is 31.9 Å². The second-order valence-corrected chi connectivity index (χ2v) is 3.33. The summed E-state index contributed by atoms with van der Waals surface area (Å²) >= 11 is 0. The molecular weight excluding hydrogens is 166 g/mol. The zero-order valence-corrected chi connectivity index (χ0v) is 7.58. The summed E-state index contributed by atoms with van der Waals surface area (Å²) in [6.07, 6.45) is 1.66. The van der Waals surface area contributed by atoms with Gasteiger partial charge in [-0.05, 0) is 0 Å². The third kappa shape index (κ3) is 1.99. The average Bonchev–Trinajstić information content (AvgIpc) is 2.54. The van der Waals surface area contributed by atoms with E-state index >= 15 is 0 Å². The van der Waals surface area contributed by atoms with E-state index in [0.29, 0.717) is 0 Å². The number of anilines is 1. The van der Waals surface area contributed by atoms with E-state index in [-0.39, 0.29) is 0 Å². The van der Waals surface area contributed by atoms with Crippen LogP contribution in [0.5, 0.6) is 0 Å². The molecule has 0 unspecified atom stereocenters. The maximum absolute atomic E-state index is 5.72. The molecule has 1 aromatic heterocycles. The van der Waals surface area contributed by atoms with Gasteiger partial charge in [-0.25, -0.2) is 0 Å². The fraction of sp³-hybridized carbons (Fsp3) is 0.625. The third-order valence-electron chi connectivity index (χ3n) is 2.34. The predicted molar refractivity (Wildman–Crippen MR) is 51.1 cm³/mol. The van der Waals surface area contributed by atoms with Crippen LogP contribution in [0.1, 0.15) is 5.69 Å². The van der Waals surface area contributed by atoms with Crippen LogP contribution in [0.25, 0.3) is 0 Å². The number of aromatic nitrogens is 2. The number of nitrogens with zero attached hydrogens (tertiary/aromatic N) is 2. The highest BCUT2D eigenvalue weighted by atomic mass is 15.2. The van der Waals surface area contributed by atoms with Crippen molar-refractivity contribution in [1.82, 2.24) is 20.4 Å². The van der Waals surface area contributed by atoms with E-state index < -0.39 is 0 Å². The zero-order valence-electron chi connectivity index (χ0n) is 7.58. The zero-order chi connectivity index (χ0) is 9.10. The molecule has 0 atom stereocenters. The molecular formula is C8H15N5. The molecule has 13 heavy (non-hydrogen) atoms. The lowest BCUT2D eigenvalue weighted by molar-refractivity contribution is 0.231. The molecule has 2 rings (SSSR count). The van der Waals surface area contributed by atoms with Crippen LogP contribution in [0.4, 0.5) is 5.69 Å². The SMILES string of the molecule is Nc1cn[nH]c1CN1CCNCC1. The minimum Gasteiger partial charge on any atom is -0.396 e. The molecule has 2 heterocycles. The van der Waals surface area contributed by atoms with Crippen molar-refractivity contribution in [3.05, 3.63) is 11.9 Å². The largest absolute Gasteiger partial charge is 0.396 e. The number of piperazine rings is 1. The maximum atomic E-state index is 5.72. The molecule has 1 aliphatic rings. The molecule has 0 radical (unpaired) electrons. The first kappa shape index (κ1) is 8.52. The number of rotatable bonds is 2. The van der Waals surface area contributed by atoms with Crippen molar-refractivity contribution < 1.29 is 0 Å². The van der Waals surface area contributed by atoms with Crippen molar-refractivity contribution in [2.45, 2.75) is 6.54 Å². The summed E-state index contributed by atoms with van der Waals surface area (Å²) in [4.78, 5) is 2.36. The van der Waals surface area contributed by atoms with Gasteiger partial charge in [0.05, 0.1) is 17.6 Å². The number of hydrogen-bond donors (Lipinski definition) is 3. The van der Waals surface area contributed by atoms with E-state index in [4.69, 9.17) is 5.73 Å². The molecule has 5 nitrogen and oxygen atoms in total. The molecule has 0 aromatic carbocycles. The predicted octanol–water partition coefficient (Wildman–Crippen LogP) is -0.603. The van der Waals surface area contributed by atoms with Gasteiger partial charge in [0.15, 0.2) is 0 Å². The highest BCUT2D eigenvalue weighted by Gasteiger charge is 2.11. The van der Waals surface area contributed by atoms with Gasteiger partial charge >= 0.3 is 0 Å². The van der Waals surface area contributed by atoms with Crippen molar-refractivity contribution in [3.63, 3.8) is 0 Å². The fourth-order valence-corrected chi connectivity index (χ4v) is 1.54. The number of H-pyrrole nitrogens is 1. The Morgan fingerprint density at radius 3 is 2.85 bits per heavy atom. The molecule has 4 N–H and O–H groups in total. The topological polar surface area (TPSA) is 70.0 Å². The second kappa shape index (κ2) is 3.76. The monoisotopic (exact) mass is 181 g/mol. The smallest absolute Gasteiger partial charge is 0.0743 e. The first-order valence-corrected chi connectivity index (χ1v) is 4.57. The summed E-state index contributed by atoms with van der Waals surface area (Å²) in [5.41, 5.74) is 7.51. The summed E-state index contributed by atoms with van der Waals surface area (Å²) < 4.78 is 0. The van der Waals surface area contributed by atoms with Crippen molar-refractivity contribution in [3.8, 4) is 0 Å². The van der Waals surface area contributed by atoms with Gasteiger partial charge in [-0.15, -0.1) is 0 Å². The van der Waals surface area contributed by atoms with Gasteiger partial charge < -0.3 is 11.1 Å². The molecule has 1 aromatic rings. The van der Waals surface area contributed by atoms with Crippen LogP contribution in [0.2, 0.25) is 0 Å². The number of aromatic amines is 1. The molecule has 72 valence electrons. The molecule has 5 heteroatoms. The number of nitrogens with two attached hydrogens (primary N) is 1. The Hall–Kier alpha value is -1.07. The van der Waals surface area contributed by atoms with Gasteiger partial charge in [-0.1, -0.05) is 0 Å². The van der Waals surface area contributed by atoms with E-state index in [1.54, 1.807) is 6.20 Å². The Labute approximate surface area is 77.3 Å². The average molecular weight is 181 g/mol. The van der Waals surface area contributed by atoms with E-state index in [0.717, 1.165) is 44.1 Å². The van der Waals surface area contributed by atoms with Crippen LogP contribution in [-0.4, -0.2) is 41.3 Å². The van der Waals surface area contributed by atoms with Crippen LogP contribution < -0.4 is 11.1 Å². The lowest BCUT2D eigenvalue weighted by Gasteiger charge is -2.26. The Kier molecular flexibility index (Phi) is 2.47. The quantitative estimate of drug-likeness (QED) is 0.569. The Morgan fingerprint density at radius 1 is 1.46 bits per heavy atom. The first-order valence-electron chi connectivity index (χ1n) is 4.57. The molecule has 1 saturated heterocycles. The highest BCUT2D eigenvalue weighted by molar-refractivity contribution is 5.39. The minimum atomic E-state index is 0.763. The van der Waals surface area contributed by atoms with E-state index in [1.807, 2.05) is 0 Å². The molecule has 0 bridgehead atoms. The number of nitrogens with one attached hydrogen (secondary N) is 2.